The van der Waals surface area contributed by atoms with Gasteiger partial charge in [-0.05, 0) is 31.5 Å². The highest BCUT2D eigenvalue weighted by molar-refractivity contribution is 7.11. The summed E-state index contributed by atoms with van der Waals surface area (Å²) < 4.78 is 0. The molecule has 4 heteroatoms. The molecule has 0 aliphatic carbocycles. The van der Waals surface area contributed by atoms with E-state index in [2.05, 4.69) is 11.9 Å². The molecular weight excluding hydrogens is 252 g/mol. The molecule has 0 saturated carbocycles. The molecule has 2 rings (SSSR count). The van der Waals surface area contributed by atoms with Crippen LogP contribution in [0.2, 0.25) is 5.02 Å². The fourth-order valence-corrected chi connectivity index (χ4v) is 2.86. The van der Waals surface area contributed by atoms with Crippen molar-refractivity contribution in [1.82, 2.24) is 4.98 Å². The Labute approximate surface area is 110 Å². The molecule has 90 valence electrons. The Hall–Kier alpha value is -0.900. The Balaban J connectivity index is 2.14. The first-order valence-corrected chi connectivity index (χ1v) is 6.69. The molecule has 1 unspecified atom stereocenters. The molecule has 2 nitrogen and oxygen atoms in total. The van der Waals surface area contributed by atoms with Gasteiger partial charge < -0.3 is 5.73 Å². The minimum absolute atomic E-state index is 0.0429. The summed E-state index contributed by atoms with van der Waals surface area (Å²) in [6, 6.07) is 7.66. The normalized spacial score (nSPS) is 12.7. The predicted octanol–water partition coefficient (Wildman–Crippen LogP) is 3.66. The maximum atomic E-state index is 6.16. The quantitative estimate of drug-likeness (QED) is 0.921. The molecule has 2 aromatic rings. The van der Waals surface area contributed by atoms with Crippen LogP contribution in [0.4, 0.5) is 0 Å². The number of rotatable bonds is 3. The number of hydrogen-bond acceptors (Lipinski definition) is 3. The van der Waals surface area contributed by atoms with Gasteiger partial charge in [-0.3, -0.25) is 0 Å². The number of aromatic nitrogens is 1. The number of nitrogens with zero attached hydrogens (tertiary/aromatic N) is 1. The monoisotopic (exact) mass is 266 g/mol. The van der Waals surface area contributed by atoms with Crippen LogP contribution in [0, 0.1) is 13.8 Å². The van der Waals surface area contributed by atoms with E-state index in [0.29, 0.717) is 0 Å². The van der Waals surface area contributed by atoms with Gasteiger partial charge in [0.2, 0.25) is 0 Å². The molecule has 0 fully saturated rings. The first-order valence-electron chi connectivity index (χ1n) is 5.50. The summed E-state index contributed by atoms with van der Waals surface area (Å²) in [6.07, 6.45) is 0.764. The molecule has 0 saturated heterocycles. The third-order valence-electron chi connectivity index (χ3n) is 2.74. The summed E-state index contributed by atoms with van der Waals surface area (Å²) in [5, 5.41) is 1.82. The van der Waals surface area contributed by atoms with E-state index < -0.39 is 0 Å². The largest absolute Gasteiger partial charge is 0.324 e. The zero-order chi connectivity index (χ0) is 12.4. The van der Waals surface area contributed by atoms with Crippen molar-refractivity contribution in [1.29, 1.82) is 0 Å². The van der Waals surface area contributed by atoms with E-state index in [4.69, 9.17) is 17.3 Å². The van der Waals surface area contributed by atoms with E-state index in [0.717, 1.165) is 27.7 Å². The number of thiazole rings is 1. The van der Waals surface area contributed by atoms with Gasteiger partial charge in [-0.2, -0.15) is 0 Å². The van der Waals surface area contributed by atoms with Crippen molar-refractivity contribution < 1.29 is 0 Å². The first-order chi connectivity index (χ1) is 8.06. The van der Waals surface area contributed by atoms with Crippen molar-refractivity contribution in [3.05, 3.63) is 50.4 Å². The average molecular weight is 267 g/mol. The minimum atomic E-state index is -0.0429. The van der Waals surface area contributed by atoms with E-state index in [-0.39, 0.29) is 6.04 Å². The van der Waals surface area contributed by atoms with Crippen LogP contribution >= 0.6 is 22.9 Å². The SMILES string of the molecule is Cc1nc(CC(N)c2cccc(Cl)c2)sc1C. The van der Waals surface area contributed by atoms with Crippen LogP contribution in [0.5, 0.6) is 0 Å². The summed E-state index contributed by atoms with van der Waals surface area (Å²) in [5.41, 5.74) is 8.32. The number of aryl methyl sites for hydroxylation is 2. The van der Waals surface area contributed by atoms with E-state index in [9.17, 15) is 0 Å². The van der Waals surface area contributed by atoms with Crippen molar-refractivity contribution in [2.45, 2.75) is 26.3 Å². The van der Waals surface area contributed by atoms with Gasteiger partial charge in [0.1, 0.15) is 0 Å². The molecule has 1 atom stereocenters. The van der Waals surface area contributed by atoms with Gasteiger partial charge in [-0.15, -0.1) is 11.3 Å². The molecule has 17 heavy (non-hydrogen) atoms. The molecule has 0 bridgehead atoms. The second kappa shape index (κ2) is 5.17. The average Bonchev–Trinajstić information content (AvgIpc) is 2.58. The summed E-state index contributed by atoms with van der Waals surface area (Å²) in [6.45, 7) is 4.11. The van der Waals surface area contributed by atoms with Crippen LogP contribution in [0.15, 0.2) is 24.3 Å². The lowest BCUT2D eigenvalue weighted by Gasteiger charge is -2.10. The summed E-state index contributed by atoms with van der Waals surface area (Å²) in [7, 11) is 0. The van der Waals surface area contributed by atoms with E-state index in [1.54, 1.807) is 11.3 Å². The van der Waals surface area contributed by atoms with Crippen molar-refractivity contribution in [3.8, 4) is 0 Å². The lowest BCUT2D eigenvalue weighted by Crippen LogP contribution is -2.13. The maximum absolute atomic E-state index is 6.16. The topological polar surface area (TPSA) is 38.9 Å². The van der Waals surface area contributed by atoms with Gasteiger partial charge >= 0.3 is 0 Å². The Morgan fingerprint density at radius 3 is 2.76 bits per heavy atom. The van der Waals surface area contributed by atoms with Gasteiger partial charge in [0.05, 0.1) is 10.7 Å². The first kappa shape index (κ1) is 12.6. The van der Waals surface area contributed by atoms with Crippen LogP contribution in [-0.2, 0) is 6.42 Å². The standard InChI is InChI=1S/C13H15ClN2S/c1-8-9(2)17-13(16-8)7-12(15)10-4-3-5-11(14)6-10/h3-6,12H,7,15H2,1-2H3. The van der Waals surface area contributed by atoms with Crippen LogP contribution in [0.3, 0.4) is 0 Å². The van der Waals surface area contributed by atoms with E-state index in [1.807, 2.05) is 31.2 Å². The number of nitrogens with two attached hydrogens (primary N) is 1. The van der Waals surface area contributed by atoms with Crippen LogP contribution in [0.1, 0.15) is 27.2 Å². The molecule has 1 heterocycles. The van der Waals surface area contributed by atoms with Gasteiger partial charge in [0.25, 0.3) is 0 Å². The lowest BCUT2D eigenvalue weighted by atomic mass is 10.1. The second-order valence-electron chi connectivity index (χ2n) is 4.11. The predicted molar refractivity (Wildman–Crippen MR) is 73.7 cm³/mol. The van der Waals surface area contributed by atoms with Crippen LogP contribution in [0.25, 0.3) is 0 Å². The highest BCUT2D eigenvalue weighted by Crippen LogP contribution is 2.23. The number of halogens is 1. The van der Waals surface area contributed by atoms with Crippen molar-refractivity contribution in [2.75, 3.05) is 0 Å². The fourth-order valence-electron chi connectivity index (χ4n) is 1.67. The molecule has 0 spiro atoms. The van der Waals surface area contributed by atoms with Crippen molar-refractivity contribution in [3.63, 3.8) is 0 Å². The van der Waals surface area contributed by atoms with Gasteiger partial charge in [-0.1, -0.05) is 23.7 Å². The molecule has 0 aliphatic heterocycles. The van der Waals surface area contributed by atoms with Crippen LogP contribution < -0.4 is 5.73 Å². The Morgan fingerprint density at radius 2 is 2.18 bits per heavy atom. The van der Waals surface area contributed by atoms with Gasteiger partial charge in [0, 0.05) is 22.4 Å². The third-order valence-corrected chi connectivity index (χ3v) is 4.07. The highest BCUT2D eigenvalue weighted by Gasteiger charge is 2.11. The molecular formula is C13H15ClN2S. The number of benzene rings is 1. The van der Waals surface area contributed by atoms with Crippen molar-refractivity contribution >= 4 is 22.9 Å². The Morgan fingerprint density at radius 1 is 1.41 bits per heavy atom. The molecule has 1 aromatic carbocycles. The van der Waals surface area contributed by atoms with Crippen molar-refractivity contribution in [2.24, 2.45) is 5.73 Å². The van der Waals surface area contributed by atoms with Gasteiger partial charge in [-0.25, -0.2) is 4.98 Å². The summed E-state index contributed by atoms with van der Waals surface area (Å²) in [5.74, 6) is 0. The summed E-state index contributed by atoms with van der Waals surface area (Å²) in [4.78, 5) is 5.77. The molecule has 0 amide bonds. The fraction of sp³-hybridized carbons (Fsp3) is 0.308. The number of hydrogen-bond donors (Lipinski definition) is 1. The molecule has 2 N–H and O–H groups in total. The van der Waals surface area contributed by atoms with Crippen LogP contribution in [-0.4, -0.2) is 4.98 Å². The Kier molecular flexibility index (Phi) is 3.82. The lowest BCUT2D eigenvalue weighted by molar-refractivity contribution is 0.717. The summed E-state index contributed by atoms with van der Waals surface area (Å²) >= 11 is 7.67. The minimum Gasteiger partial charge on any atom is -0.324 e. The van der Waals surface area contributed by atoms with Gasteiger partial charge in [0.15, 0.2) is 0 Å². The zero-order valence-corrected chi connectivity index (χ0v) is 11.5. The third kappa shape index (κ3) is 3.06. The Bertz CT molecular complexity index is 502. The van der Waals surface area contributed by atoms with E-state index >= 15 is 0 Å². The highest BCUT2D eigenvalue weighted by atomic mass is 35.5. The smallest absolute Gasteiger partial charge is 0.0949 e. The molecule has 0 radical (unpaired) electrons. The molecule has 1 aromatic heterocycles. The van der Waals surface area contributed by atoms with E-state index in [1.165, 1.54) is 4.88 Å². The maximum Gasteiger partial charge on any atom is 0.0949 e. The molecule has 0 aliphatic rings. The zero-order valence-electron chi connectivity index (χ0n) is 9.90. The second-order valence-corrected chi connectivity index (χ2v) is 5.84.